The van der Waals surface area contributed by atoms with Crippen LogP contribution in [-0.2, 0) is 0 Å². The summed E-state index contributed by atoms with van der Waals surface area (Å²) >= 11 is 0. The first-order chi connectivity index (χ1) is 7.73. The number of aromatic nitrogens is 3. The fourth-order valence-electron chi connectivity index (χ4n) is 1.04. The van der Waals surface area contributed by atoms with E-state index >= 15 is 0 Å². The van der Waals surface area contributed by atoms with E-state index in [1.807, 2.05) is 6.92 Å². The number of aliphatic hydroxyl groups is 1. The molecule has 1 aromatic rings. The van der Waals surface area contributed by atoms with Crippen molar-refractivity contribution in [3.05, 3.63) is 0 Å². The van der Waals surface area contributed by atoms with Crippen molar-refractivity contribution < 1.29 is 14.6 Å². The molecule has 0 spiro atoms. The normalized spacial score (nSPS) is 12.0. The summed E-state index contributed by atoms with van der Waals surface area (Å²) in [5.41, 5.74) is 0. The monoisotopic (exact) mass is 228 g/mol. The van der Waals surface area contributed by atoms with Crippen molar-refractivity contribution in [1.82, 2.24) is 15.0 Å². The first-order valence-electron chi connectivity index (χ1n) is 4.94. The van der Waals surface area contributed by atoms with Crippen molar-refractivity contribution in [3.63, 3.8) is 0 Å². The van der Waals surface area contributed by atoms with E-state index < -0.39 is 0 Å². The minimum atomic E-state index is -0.100. The van der Waals surface area contributed by atoms with Crippen LogP contribution in [0.3, 0.4) is 0 Å². The second kappa shape index (κ2) is 6.06. The molecule has 0 radical (unpaired) electrons. The Hall–Kier alpha value is -1.63. The van der Waals surface area contributed by atoms with Crippen LogP contribution in [0.25, 0.3) is 0 Å². The van der Waals surface area contributed by atoms with Gasteiger partial charge in [0, 0.05) is 0 Å². The third kappa shape index (κ3) is 3.20. The third-order valence-electron chi connectivity index (χ3n) is 2.01. The number of nitrogens with one attached hydrogen (secondary N) is 1. The topological polar surface area (TPSA) is 89.4 Å². The number of nitrogens with zero attached hydrogens (tertiary/aromatic N) is 3. The zero-order valence-corrected chi connectivity index (χ0v) is 9.60. The van der Waals surface area contributed by atoms with E-state index in [9.17, 15) is 0 Å². The van der Waals surface area contributed by atoms with Gasteiger partial charge in [0.05, 0.1) is 26.9 Å². The van der Waals surface area contributed by atoms with Gasteiger partial charge in [-0.15, -0.1) is 4.98 Å². The van der Waals surface area contributed by atoms with Gasteiger partial charge in [-0.2, -0.15) is 9.97 Å². The van der Waals surface area contributed by atoms with Crippen molar-refractivity contribution in [3.8, 4) is 12.0 Å². The fourth-order valence-corrected chi connectivity index (χ4v) is 1.04. The van der Waals surface area contributed by atoms with E-state index in [-0.39, 0.29) is 24.7 Å². The Morgan fingerprint density at radius 1 is 1.19 bits per heavy atom. The average Bonchev–Trinajstić information content (AvgIpc) is 2.35. The highest BCUT2D eigenvalue weighted by Gasteiger charge is 2.10. The largest absolute Gasteiger partial charge is 0.467 e. The molecule has 1 rings (SSSR count). The Morgan fingerprint density at radius 2 is 1.75 bits per heavy atom. The number of anilines is 1. The lowest BCUT2D eigenvalue weighted by Crippen LogP contribution is -2.24. The van der Waals surface area contributed by atoms with Crippen LogP contribution in [0.1, 0.15) is 13.3 Å². The molecule has 0 amide bonds. The van der Waals surface area contributed by atoms with Crippen molar-refractivity contribution in [2.75, 3.05) is 26.1 Å². The SMILES string of the molecule is CCC(CO)Nc1nc(OC)nc(OC)n1. The van der Waals surface area contributed by atoms with Gasteiger partial charge in [0.1, 0.15) is 0 Å². The van der Waals surface area contributed by atoms with Crippen LogP contribution in [0, 0.1) is 0 Å². The van der Waals surface area contributed by atoms with Crippen LogP contribution < -0.4 is 14.8 Å². The molecule has 0 bridgehead atoms. The minimum Gasteiger partial charge on any atom is -0.467 e. The summed E-state index contributed by atoms with van der Waals surface area (Å²) in [7, 11) is 2.92. The van der Waals surface area contributed by atoms with E-state index in [0.717, 1.165) is 6.42 Å². The summed E-state index contributed by atoms with van der Waals surface area (Å²) < 4.78 is 9.80. The fraction of sp³-hybridized carbons (Fsp3) is 0.667. The van der Waals surface area contributed by atoms with Gasteiger partial charge in [-0.25, -0.2) is 0 Å². The van der Waals surface area contributed by atoms with Crippen LogP contribution in [0.4, 0.5) is 5.95 Å². The Labute approximate surface area is 93.9 Å². The molecule has 0 aliphatic carbocycles. The molecular weight excluding hydrogens is 212 g/mol. The van der Waals surface area contributed by atoms with E-state index in [0.29, 0.717) is 5.95 Å². The van der Waals surface area contributed by atoms with E-state index in [4.69, 9.17) is 14.6 Å². The first kappa shape index (κ1) is 12.4. The van der Waals surface area contributed by atoms with Gasteiger partial charge in [0.15, 0.2) is 0 Å². The summed E-state index contributed by atoms with van der Waals surface area (Å²) in [6.07, 6.45) is 0.757. The molecule has 2 N–H and O–H groups in total. The van der Waals surface area contributed by atoms with Crippen LogP contribution >= 0.6 is 0 Å². The predicted octanol–water partition coefficient (Wildman–Crippen LogP) is 0.0716. The number of aliphatic hydroxyl groups excluding tert-OH is 1. The van der Waals surface area contributed by atoms with E-state index in [2.05, 4.69) is 20.3 Å². The minimum absolute atomic E-state index is 0.00676. The molecule has 0 fully saturated rings. The van der Waals surface area contributed by atoms with Crippen molar-refractivity contribution in [1.29, 1.82) is 0 Å². The standard InChI is InChI=1S/C9H16N4O3/c1-4-6(5-14)10-7-11-8(15-2)13-9(12-7)16-3/h6,14H,4-5H2,1-3H3,(H,10,11,12,13). The molecule has 90 valence electrons. The molecule has 1 atom stereocenters. The number of ether oxygens (including phenoxy) is 2. The maximum absolute atomic E-state index is 9.04. The van der Waals surface area contributed by atoms with Gasteiger partial charge in [-0.3, -0.25) is 0 Å². The number of hydrogen-bond acceptors (Lipinski definition) is 7. The van der Waals surface area contributed by atoms with Crippen molar-refractivity contribution in [2.45, 2.75) is 19.4 Å². The zero-order chi connectivity index (χ0) is 12.0. The van der Waals surface area contributed by atoms with Crippen molar-refractivity contribution in [2.24, 2.45) is 0 Å². The molecule has 1 heterocycles. The molecule has 0 saturated heterocycles. The van der Waals surface area contributed by atoms with Gasteiger partial charge in [0.2, 0.25) is 5.95 Å². The molecule has 0 aliphatic rings. The molecule has 16 heavy (non-hydrogen) atoms. The predicted molar refractivity (Wildman–Crippen MR) is 57.7 cm³/mol. The molecule has 7 nitrogen and oxygen atoms in total. The summed E-state index contributed by atoms with van der Waals surface area (Å²) in [5.74, 6) is 0.324. The Bertz CT molecular complexity index is 308. The molecular formula is C9H16N4O3. The Morgan fingerprint density at radius 3 is 2.12 bits per heavy atom. The highest BCUT2D eigenvalue weighted by atomic mass is 16.5. The number of hydrogen-bond donors (Lipinski definition) is 2. The summed E-state index contributed by atoms with van der Waals surface area (Å²) in [5, 5.41) is 12.0. The zero-order valence-electron chi connectivity index (χ0n) is 9.60. The molecule has 0 saturated carbocycles. The average molecular weight is 228 g/mol. The first-order valence-corrected chi connectivity index (χ1v) is 4.94. The van der Waals surface area contributed by atoms with Gasteiger partial charge in [0.25, 0.3) is 0 Å². The van der Waals surface area contributed by atoms with Crippen LogP contribution in [0.15, 0.2) is 0 Å². The maximum atomic E-state index is 9.04. The summed E-state index contributed by atoms with van der Waals surface area (Å²) in [6, 6.07) is 0.237. The second-order valence-corrected chi connectivity index (χ2v) is 3.06. The lowest BCUT2D eigenvalue weighted by atomic mass is 10.2. The Kier molecular flexibility index (Phi) is 4.71. The Balaban J connectivity index is 2.85. The summed E-state index contributed by atoms with van der Waals surface area (Å²) in [6.45, 7) is 1.95. The lowest BCUT2D eigenvalue weighted by molar-refractivity contribution is 0.270. The summed E-state index contributed by atoms with van der Waals surface area (Å²) in [4.78, 5) is 11.8. The second-order valence-electron chi connectivity index (χ2n) is 3.06. The number of rotatable bonds is 6. The van der Waals surface area contributed by atoms with Crippen molar-refractivity contribution >= 4 is 5.95 Å². The molecule has 1 aromatic heterocycles. The molecule has 0 aliphatic heterocycles. The molecule has 1 unspecified atom stereocenters. The van der Waals surface area contributed by atoms with Gasteiger partial charge < -0.3 is 19.9 Å². The van der Waals surface area contributed by atoms with Gasteiger partial charge >= 0.3 is 12.0 Å². The lowest BCUT2D eigenvalue weighted by Gasteiger charge is -2.14. The quantitative estimate of drug-likeness (QED) is 0.712. The van der Waals surface area contributed by atoms with E-state index in [1.165, 1.54) is 14.2 Å². The highest BCUT2D eigenvalue weighted by Crippen LogP contribution is 2.13. The highest BCUT2D eigenvalue weighted by molar-refractivity contribution is 5.28. The smallest absolute Gasteiger partial charge is 0.324 e. The van der Waals surface area contributed by atoms with Crippen LogP contribution in [-0.4, -0.2) is 46.9 Å². The third-order valence-corrected chi connectivity index (χ3v) is 2.01. The van der Waals surface area contributed by atoms with Crippen LogP contribution in [0.5, 0.6) is 12.0 Å². The van der Waals surface area contributed by atoms with Gasteiger partial charge in [-0.05, 0) is 6.42 Å². The van der Waals surface area contributed by atoms with Gasteiger partial charge in [-0.1, -0.05) is 6.92 Å². The molecule has 0 aromatic carbocycles. The van der Waals surface area contributed by atoms with E-state index in [1.54, 1.807) is 0 Å². The van der Waals surface area contributed by atoms with Crippen LogP contribution in [0.2, 0.25) is 0 Å². The number of methoxy groups -OCH3 is 2. The molecule has 7 heteroatoms. The maximum Gasteiger partial charge on any atom is 0.324 e.